The van der Waals surface area contributed by atoms with Gasteiger partial charge < -0.3 is 20.0 Å². The molecule has 2 saturated heterocycles. The maximum Gasteiger partial charge on any atom is 0.236 e. The number of aromatic nitrogens is 2. The highest BCUT2D eigenvalue weighted by atomic mass is 16.2. The van der Waals surface area contributed by atoms with E-state index in [2.05, 4.69) is 57.2 Å². The second kappa shape index (κ2) is 12.2. The Balaban J connectivity index is 1.54. The van der Waals surface area contributed by atoms with Crippen molar-refractivity contribution in [1.29, 1.82) is 0 Å². The van der Waals surface area contributed by atoms with Crippen LogP contribution in [0.1, 0.15) is 44.2 Å². The molecule has 3 rings (SSSR count). The third-order valence-corrected chi connectivity index (χ3v) is 6.47. The van der Waals surface area contributed by atoms with Crippen LogP contribution in [0.25, 0.3) is 0 Å². The van der Waals surface area contributed by atoms with Crippen LogP contribution < -0.4 is 5.32 Å². The Kier molecular flexibility index (Phi) is 9.35. The van der Waals surface area contributed by atoms with E-state index in [-0.39, 0.29) is 6.04 Å². The summed E-state index contributed by atoms with van der Waals surface area (Å²) in [5.74, 6) is 1.26. The first kappa shape index (κ1) is 24.5. The van der Waals surface area contributed by atoms with Gasteiger partial charge in [-0.3, -0.25) is 19.4 Å². The van der Waals surface area contributed by atoms with Crippen LogP contribution in [0.15, 0.2) is 17.4 Å². The van der Waals surface area contributed by atoms with Gasteiger partial charge in [-0.1, -0.05) is 12.8 Å². The molecule has 1 N–H and O–H groups in total. The van der Waals surface area contributed by atoms with Gasteiger partial charge in [0.15, 0.2) is 5.96 Å². The number of hydrogen-bond donors (Lipinski definition) is 1. The molecule has 1 aromatic heterocycles. The van der Waals surface area contributed by atoms with Crippen LogP contribution in [0, 0.1) is 0 Å². The summed E-state index contributed by atoms with van der Waals surface area (Å²) in [4.78, 5) is 26.6. The van der Waals surface area contributed by atoms with Crippen molar-refractivity contribution in [1.82, 2.24) is 34.7 Å². The van der Waals surface area contributed by atoms with Crippen molar-refractivity contribution >= 4 is 11.9 Å². The molecule has 1 atom stereocenters. The van der Waals surface area contributed by atoms with Crippen LogP contribution in [-0.4, -0.2) is 114 Å². The van der Waals surface area contributed by atoms with Gasteiger partial charge in [0.2, 0.25) is 5.91 Å². The zero-order valence-electron chi connectivity index (χ0n) is 20.5. The summed E-state index contributed by atoms with van der Waals surface area (Å²) < 4.78 is 1.84. The van der Waals surface area contributed by atoms with Gasteiger partial charge in [0.05, 0.1) is 25.3 Å². The lowest BCUT2D eigenvalue weighted by Crippen LogP contribution is -2.54. The van der Waals surface area contributed by atoms with Gasteiger partial charge in [-0.15, -0.1) is 0 Å². The van der Waals surface area contributed by atoms with Crippen molar-refractivity contribution < 1.29 is 4.79 Å². The number of nitrogens with zero attached hydrogens (tertiary/aromatic N) is 7. The van der Waals surface area contributed by atoms with Crippen molar-refractivity contribution in [2.45, 2.75) is 38.6 Å². The molecule has 9 nitrogen and oxygen atoms in total. The first-order valence-electron chi connectivity index (χ1n) is 12.2. The highest BCUT2D eigenvalue weighted by molar-refractivity contribution is 5.80. The fraction of sp³-hybridized carbons (Fsp3) is 0.783. The third kappa shape index (κ3) is 6.93. The van der Waals surface area contributed by atoms with E-state index < -0.39 is 0 Å². The van der Waals surface area contributed by atoms with E-state index in [0.717, 1.165) is 64.6 Å². The second-order valence-corrected chi connectivity index (χ2v) is 9.18. The average Bonchev–Trinajstić information content (AvgIpc) is 3.02. The van der Waals surface area contributed by atoms with E-state index in [1.165, 1.54) is 18.4 Å². The summed E-state index contributed by atoms with van der Waals surface area (Å²) in [5, 5.41) is 7.78. The van der Waals surface area contributed by atoms with Crippen molar-refractivity contribution in [2.24, 2.45) is 12.0 Å². The topological polar surface area (TPSA) is 72.2 Å². The van der Waals surface area contributed by atoms with Gasteiger partial charge in [0, 0.05) is 64.6 Å². The van der Waals surface area contributed by atoms with E-state index in [4.69, 9.17) is 4.99 Å². The van der Waals surface area contributed by atoms with Crippen molar-refractivity contribution in [3.05, 3.63) is 18.0 Å². The maximum absolute atomic E-state index is 12.7. The summed E-state index contributed by atoms with van der Waals surface area (Å²) in [5.41, 5.74) is 1.17. The van der Waals surface area contributed by atoms with Crippen LogP contribution in [-0.2, 0) is 11.8 Å². The molecule has 9 heteroatoms. The quantitative estimate of drug-likeness (QED) is 0.498. The fourth-order valence-corrected chi connectivity index (χ4v) is 4.51. The van der Waals surface area contributed by atoms with E-state index >= 15 is 0 Å². The van der Waals surface area contributed by atoms with Crippen molar-refractivity contribution in [3.63, 3.8) is 0 Å². The Morgan fingerprint density at radius 1 is 1.09 bits per heavy atom. The highest BCUT2D eigenvalue weighted by Gasteiger charge is 2.24. The summed E-state index contributed by atoms with van der Waals surface area (Å²) in [6.07, 6.45) is 8.79. The molecule has 0 spiro atoms. The lowest BCUT2D eigenvalue weighted by atomic mass is 10.1. The Morgan fingerprint density at radius 2 is 1.78 bits per heavy atom. The lowest BCUT2D eigenvalue weighted by Gasteiger charge is -2.37. The molecule has 2 aliphatic rings. The van der Waals surface area contributed by atoms with Crippen LogP contribution in [0.5, 0.6) is 0 Å². The van der Waals surface area contributed by atoms with E-state index in [1.54, 1.807) is 0 Å². The number of aliphatic imine (C=N–C) groups is 1. The zero-order valence-corrected chi connectivity index (χ0v) is 20.5. The largest absolute Gasteiger partial charge is 0.357 e. The van der Waals surface area contributed by atoms with Crippen molar-refractivity contribution in [3.8, 4) is 0 Å². The van der Waals surface area contributed by atoms with Gasteiger partial charge in [0.1, 0.15) is 0 Å². The van der Waals surface area contributed by atoms with Gasteiger partial charge in [-0.25, -0.2) is 0 Å². The lowest BCUT2D eigenvalue weighted by molar-refractivity contribution is -0.132. The standard InChI is InChI=1S/C23H42N8O/c1-5-24-23(25-17-21(27(2)3)20-16-26-28(4)18-20)31-14-12-29(13-15-31)19-22(32)30-10-8-6-7-9-11-30/h16,18,21H,5-15,17,19H2,1-4H3,(H,24,25). The molecule has 180 valence electrons. The molecule has 2 fully saturated rings. The number of amides is 1. The minimum atomic E-state index is 0.185. The van der Waals surface area contributed by atoms with Crippen molar-refractivity contribution in [2.75, 3.05) is 73.0 Å². The van der Waals surface area contributed by atoms with E-state index in [1.807, 2.05) is 17.9 Å². The van der Waals surface area contributed by atoms with Crippen LogP contribution in [0.2, 0.25) is 0 Å². The molecule has 0 bridgehead atoms. The summed E-state index contributed by atoms with van der Waals surface area (Å²) >= 11 is 0. The number of aryl methyl sites for hydroxylation is 1. The molecule has 0 aliphatic carbocycles. The first-order chi connectivity index (χ1) is 15.5. The molecule has 1 aromatic rings. The maximum atomic E-state index is 12.7. The van der Waals surface area contributed by atoms with Crippen LogP contribution in [0.4, 0.5) is 0 Å². The predicted octanol–water partition coefficient (Wildman–Crippen LogP) is 1.01. The van der Waals surface area contributed by atoms with E-state index in [9.17, 15) is 4.79 Å². The molecule has 32 heavy (non-hydrogen) atoms. The SMILES string of the molecule is CCNC(=NCC(c1cnn(C)c1)N(C)C)N1CCN(CC(=O)N2CCCCCC2)CC1. The average molecular weight is 447 g/mol. The Bertz CT molecular complexity index is 730. The first-order valence-corrected chi connectivity index (χ1v) is 12.2. The summed E-state index contributed by atoms with van der Waals surface area (Å²) in [6.45, 7) is 9.59. The molecular formula is C23H42N8O. The third-order valence-electron chi connectivity index (χ3n) is 6.47. The number of carbonyl (C=O) groups is 1. The number of hydrogen-bond acceptors (Lipinski definition) is 5. The second-order valence-electron chi connectivity index (χ2n) is 9.18. The number of piperazine rings is 1. The molecule has 2 aliphatic heterocycles. The number of likely N-dealkylation sites (tertiary alicyclic amines) is 1. The van der Waals surface area contributed by atoms with Gasteiger partial charge in [0.25, 0.3) is 0 Å². The molecule has 1 amide bonds. The normalized spacial score (nSPS) is 19.8. The summed E-state index contributed by atoms with van der Waals surface area (Å²) in [6, 6.07) is 0.185. The fourth-order valence-electron chi connectivity index (χ4n) is 4.51. The van der Waals surface area contributed by atoms with Crippen LogP contribution >= 0.6 is 0 Å². The Labute approximate surface area is 193 Å². The number of rotatable bonds is 7. The van der Waals surface area contributed by atoms with Gasteiger partial charge in [-0.05, 0) is 33.9 Å². The van der Waals surface area contributed by atoms with E-state index in [0.29, 0.717) is 19.0 Å². The zero-order chi connectivity index (χ0) is 22.9. The highest BCUT2D eigenvalue weighted by Crippen LogP contribution is 2.18. The molecule has 1 unspecified atom stereocenters. The van der Waals surface area contributed by atoms with Gasteiger partial charge >= 0.3 is 0 Å². The van der Waals surface area contributed by atoms with Crippen LogP contribution in [0.3, 0.4) is 0 Å². The molecular weight excluding hydrogens is 404 g/mol. The number of guanidine groups is 1. The summed E-state index contributed by atoms with van der Waals surface area (Å²) in [7, 11) is 6.11. The Morgan fingerprint density at radius 3 is 2.34 bits per heavy atom. The molecule has 3 heterocycles. The molecule has 0 aromatic carbocycles. The predicted molar refractivity (Wildman–Crippen MR) is 129 cm³/mol. The number of carbonyl (C=O) groups excluding carboxylic acids is 1. The Hall–Kier alpha value is -2.13. The minimum Gasteiger partial charge on any atom is -0.357 e. The monoisotopic (exact) mass is 446 g/mol. The minimum absolute atomic E-state index is 0.185. The smallest absolute Gasteiger partial charge is 0.236 e. The molecule has 0 saturated carbocycles. The van der Waals surface area contributed by atoms with Gasteiger partial charge in [-0.2, -0.15) is 5.10 Å². The number of likely N-dealkylation sites (N-methyl/N-ethyl adjacent to an activating group) is 1. The number of nitrogens with one attached hydrogen (secondary N) is 1. The molecule has 0 radical (unpaired) electrons.